The van der Waals surface area contributed by atoms with E-state index >= 15 is 0 Å². The molecule has 0 radical (unpaired) electrons. The van der Waals surface area contributed by atoms with E-state index in [0.29, 0.717) is 47.9 Å². The molecule has 0 aliphatic carbocycles. The van der Waals surface area contributed by atoms with Gasteiger partial charge in [-0.3, -0.25) is 14.6 Å². The molecule has 1 aromatic heterocycles. The standard InChI is InChI=1S/C44H50N4O11S/c1-18-10-25-28(35(51)36(18)54-6)33-34-41(60-7)30-29(39-38(56-17-57-39)19(2)37(30)58-20(3)50)27(48(34)44(52)15-43(25,4)47(33)16-44)14-55-42-40(59-42)32-31-24(11-21(13-49)45-32)23-12-22(53-5)8-9-26(23)46-31/h8-10,12,21,27,32-34,40-42,45-46,49,51-52H,11,13-17H2,1-7H3/t21-,27-,32+,33+,34?,40?,41+,42-,43?,44-/m0/s1. The third-order valence-corrected chi connectivity index (χ3v) is 15.3. The number of hydrogen-bond acceptors (Lipinski definition) is 15. The van der Waals surface area contributed by atoms with Crippen molar-refractivity contribution in [2.45, 2.75) is 99.7 Å². The molecule has 3 fully saturated rings. The van der Waals surface area contributed by atoms with Crippen molar-refractivity contribution >= 4 is 28.6 Å². The van der Waals surface area contributed by atoms with Crippen LogP contribution in [-0.4, -0.2) is 113 Å². The Morgan fingerprint density at radius 3 is 2.62 bits per heavy atom. The average molecular weight is 843 g/mol. The summed E-state index contributed by atoms with van der Waals surface area (Å²) in [7, 11) is 3.22. The summed E-state index contributed by atoms with van der Waals surface area (Å²) in [6, 6.07) is 6.11. The molecule has 0 spiro atoms. The minimum absolute atomic E-state index is 0.0158. The molecule has 3 aromatic carbocycles. The van der Waals surface area contributed by atoms with Crippen molar-refractivity contribution in [1.29, 1.82) is 0 Å². The van der Waals surface area contributed by atoms with Gasteiger partial charge in [0.1, 0.15) is 23.3 Å². The smallest absolute Gasteiger partial charge is 0.308 e. The highest BCUT2D eigenvalue weighted by Gasteiger charge is 2.71. The molecule has 318 valence electrons. The number of rotatable bonds is 9. The molecule has 11 rings (SSSR count). The molecule has 60 heavy (non-hydrogen) atoms. The Labute approximate surface area is 351 Å². The number of aryl methyl sites for hydroxylation is 1. The molecule has 0 saturated carbocycles. The first-order chi connectivity index (χ1) is 28.8. The maximum absolute atomic E-state index is 13.2. The summed E-state index contributed by atoms with van der Waals surface area (Å²) in [5.41, 5.74) is 5.86. The number of aliphatic hydroxyl groups is 2. The first-order valence-electron chi connectivity index (χ1n) is 20.5. The number of H-pyrrole nitrogens is 1. The van der Waals surface area contributed by atoms with Crippen LogP contribution < -0.4 is 29.0 Å². The quantitative estimate of drug-likeness (QED) is 0.0892. The van der Waals surface area contributed by atoms with Crippen molar-refractivity contribution in [3.63, 3.8) is 0 Å². The third-order valence-electron chi connectivity index (χ3n) is 14.3. The number of aromatic amines is 1. The van der Waals surface area contributed by atoms with Crippen LogP contribution >= 0.6 is 11.8 Å². The largest absolute Gasteiger partial charge is 0.504 e. The number of aromatic nitrogens is 1. The molecule has 5 N–H and O–H groups in total. The van der Waals surface area contributed by atoms with Crippen LogP contribution in [0, 0.1) is 13.8 Å². The number of esters is 1. The summed E-state index contributed by atoms with van der Waals surface area (Å²) in [5, 5.41) is 40.0. The summed E-state index contributed by atoms with van der Waals surface area (Å²) in [6.45, 7) is 7.68. The Morgan fingerprint density at radius 2 is 1.88 bits per heavy atom. The van der Waals surface area contributed by atoms with Crippen LogP contribution in [0.3, 0.4) is 0 Å². The number of hydrogen-bond donors (Lipinski definition) is 5. The zero-order valence-corrected chi connectivity index (χ0v) is 35.4. The molecule has 16 heteroatoms. The number of aromatic hydroxyl groups is 1. The van der Waals surface area contributed by atoms with Crippen molar-refractivity contribution in [2.75, 3.05) is 47.0 Å². The van der Waals surface area contributed by atoms with E-state index in [2.05, 4.69) is 33.1 Å². The van der Waals surface area contributed by atoms with Crippen molar-refractivity contribution in [3.8, 4) is 34.5 Å². The second-order valence-electron chi connectivity index (χ2n) is 17.5. The highest BCUT2D eigenvalue weighted by Crippen LogP contribution is 2.70. The molecule has 8 heterocycles. The SMILES string of the molecule is COc1ccc2[nH]c3c(c2c1)C[C@@H](CO)N[C@H]3C1O[C@@H]1OC[C@H]1c2c3c(c(C)c(OC(C)=O)c2[C@@H](SC)C2[C@H]4c5c(cc(C)c(OC)c5O)C5(C)C[C@](O)(CN45)N21)OCO3. The van der Waals surface area contributed by atoms with Crippen LogP contribution in [0.4, 0.5) is 0 Å². The third kappa shape index (κ3) is 5.13. The van der Waals surface area contributed by atoms with Crippen molar-refractivity contribution in [3.05, 3.63) is 68.9 Å². The number of nitrogens with one attached hydrogen (secondary N) is 2. The first-order valence-corrected chi connectivity index (χ1v) is 21.8. The van der Waals surface area contributed by atoms with E-state index in [1.807, 2.05) is 38.3 Å². The zero-order valence-electron chi connectivity index (χ0n) is 34.6. The van der Waals surface area contributed by atoms with Gasteiger partial charge in [0.15, 0.2) is 29.3 Å². The van der Waals surface area contributed by atoms with E-state index in [1.54, 1.807) is 26.0 Å². The molecular weight excluding hydrogens is 793 g/mol. The lowest BCUT2D eigenvalue weighted by Gasteiger charge is -2.58. The summed E-state index contributed by atoms with van der Waals surface area (Å²) < 4.78 is 43.1. The average Bonchev–Trinajstić information content (AvgIpc) is 3.44. The van der Waals surface area contributed by atoms with Crippen molar-refractivity contribution in [2.24, 2.45) is 0 Å². The minimum Gasteiger partial charge on any atom is -0.504 e. The van der Waals surface area contributed by atoms with Crippen LogP contribution in [-0.2, 0) is 26.2 Å². The Morgan fingerprint density at radius 1 is 1.08 bits per heavy atom. The fourth-order valence-corrected chi connectivity index (χ4v) is 13.0. The molecule has 7 aliphatic heterocycles. The Bertz CT molecular complexity index is 2500. The lowest BCUT2D eigenvalue weighted by molar-refractivity contribution is -0.194. The number of ether oxygens (including phenoxy) is 7. The van der Waals surface area contributed by atoms with Crippen molar-refractivity contribution < 1.29 is 53.3 Å². The summed E-state index contributed by atoms with van der Waals surface area (Å²) in [6.07, 6.45) is 2.02. The van der Waals surface area contributed by atoms with E-state index in [4.69, 9.17) is 33.2 Å². The number of carbonyl (C=O) groups excluding carboxylic acids is 1. The van der Waals surface area contributed by atoms with Crippen LogP contribution in [0.5, 0.6) is 34.5 Å². The van der Waals surface area contributed by atoms with E-state index in [1.165, 1.54) is 6.92 Å². The van der Waals surface area contributed by atoms with E-state index in [-0.39, 0.29) is 55.2 Å². The molecule has 2 bridgehead atoms. The van der Waals surface area contributed by atoms with Gasteiger partial charge in [0, 0.05) is 76.4 Å². The molecule has 4 aromatic rings. The lowest BCUT2D eigenvalue weighted by Crippen LogP contribution is -2.66. The van der Waals surface area contributed by atoms with Crippen LogP contribution in [0.15, 0.2) is 24.3 Å². The molecule has 3 unspecified atom stereocenters. The van der Waals surface area contributed by atoms with Gasteiger partial charge < -0.3 is 58.8 Å². The monoisotopic (exact) mass is 842 g/mol. The predicted molar refractivity (Wildman–Crippen MR) is 219 cm³/mol. The van der Waals surface area contributed by atoms with Gasteiger partial charge in [0.05, 0.1) is 50.8 Å². The van der Waals surface area contributed by atoms with Crippen molar-refractivity contribution in [1.82, 2.24) is 20.1 Å². The number of aliphatic hydroxyl groups excluding tert-OH is 1. The van der Waals surface area contributed by atoms with E-state index in [0.717, 1.165) is 55.7 Å². The normalized spacial score (nSPS) is 33.0. The van der Waals surface area contributed by atoms with Crippen LogP contribution in [0.2, 0.25) is 0 Å². The first kappa shape index (κ1) is 38.6. The fraction of sp³-hybridized carbons (Fsp3) is 0.523. The number of benzene rings is 3. The topological polar surface area (TPSA) is 180 Å². The van der Waals surface area contributed by atoms with Gasteiger partial charge in [-0.05, 0) is 74.4 Å². The number of piperazine rings is 1. The van der Waals surface area contributed by atoms with Gasteiger partial charge in [0.2, 0.25) is 6.79 Å². The number of epoxide rings is 1. The second-order valence-corrected chi connectivity index (χ2v) is 18.5. The Kier molecular flexibility index (Phi) is 8.61. The van der Waals surface area contributed by atoms with Gasteiger partial charge in [-0.25, -0.2) is 0 Å². The number of thioether (sulfide) groups is 1. The molecule has 7 aliphatic rings. The minimum atomic E-state index is -1.33. The summed E-state index contributed by atoms with van der Waals surface area (Å²) in [4.78, 5) is 21.0. The summed E-state index contributed by atoms with van der Waals surface area (Å²) >= 11 is 1.60. The number of fused-ring (bicyclic) bond motifs is 13. The molecule has 15 nitrogen and oxygen atoms in total. The Hall–Kier alpha value is -4.26. The number of phenolic OH excluding ortho intramolecular Hbond substituents is 1. The molecular formula is C44H50N4O11S. The van der Waals surface area contributed by atoms with Gasteiger partial charge in [-0.1, -0.05) is 0 Å². The van der Waals surface area contributed by atoms with Gasteiger partial charge in [0.25, 0.3) is 0 Å². The molecule has 10 atom stereocenters. The second kappa shape index (κ2) is 13.4. The highest BCUT2D eigenvalue weighted by atomic mass is 32.2. The zero-order chi connectivity index (χ0) is 41.7. The van der Waals surface area contributed by atoms with E-state index < -0.39 is 35.6 Å². The fourth-order valence-electron chi connectivity index (χ4n) is 12.0. The molecule has 0 amide bonds. The van der Waals surface area contributed by atoms with E-state index in [9.17, 15) is 20.1 Å². The summed E-state index contributed by atoms with van der Waals surface area (Å²) in [5.74, 6) is 2.25. The van der Waals surface area contributed by atoms with Crippen LogP contribution in [0.1, 0.15) is 88.3 Å². The van der Waals surface area contributed by atoms with Gasteiger partial charge >= 0.3 is 5.97 Å². The highest BCUT2D eigenvalue weighted by molar-refractivity contribution is 7.98. The number of phenols is 1. The number of nitrogens with zero attached hydrogens (tertiary/aromatic N) is 2. The lowest BCUT2D eigenvalue weighted by atomic mass is 9.75. The predicted octanol–water partition coefficient (Wildman–Crippen LogP) is 4.66. The van der Waals surface area contributed by atoms with Crippen LogP contribution in [0.25, 0.3) is 10.9 Å². The number of carbonyl (C=O) groups is 1. The maximum atomic E-state index is 13.2. The molecule has 3 saturated heterocycles. The number of methoxy groups -OCH3 is 2. The van der Waals surface area contributed by atoms with Gasteiger partial charge in [-0.15, -0.1) is 0 Å². The maximum Gasteiger partial charge on any atom is 0.308 e. The Balaban J connectivity index is 1.03. The van der Waals surface area contributed by atoms with Gasteiger partial charge in [-0.2, -0.15) is 11.8 Å².